The number of hydrogen-bond donors (Lipinski definition) is 0. The Morgan fingerprint density at radius 2 is 1.89 bits per heavy atom. The van der Waals surface area contributed by atoms with E-state index in [-0.39, 0.29) is 17.7 Å². The Bertz CT molecular complexity index is 540. The van der Waals surface area contributed by atoms with Gasteiger partial charge in [-0.2, -0.15) is 0 Å². The average molecular weight is 268 g/mol. The molecular weight excluding hydrogens is 256 g/mol. The van der Waals surface area contributed by atoms with Crippen LogP contribution in [0.3, 0.4) is 0 Å². The van der Waals surface area contributed by atoms with Crippen molar-refractivity contribution in [2.45, 2.75) is 26.7 Å². The highest BCUT2D eigenvalue weighted by Gasteiger charge is 2.25. The number of aryl methyl sites for hydroxylation is 1. The highest BCUT2D eigenvalue weighted by Crippen LogP contribution is 2.35. The van der Waals surface area contributed by atoms with Crippen molar-refractivity contribution in [2.24, 2.45) is 0 Å². The average Bonchev–Trinajstić information content (AvgIpc) is 2.31. The number of nitro benzene ring substituents is 2. The summed E-state index contributed by atoms with van der Waals surface area (Å²) < 4.78 is 4.91. The largest absolute Gasteiger partial charge is 0.419 e. The molecule has 0 saturated carbocycles. The number of carbonyl (C=O) groups excluding carboxylic acids is 1. The molecule has 0 aromatic heterocycles. The molecule has 1 rings (SSSR count). The van der Waals surface area contributed by atoms with Crippen molar-refractivity contribution in [3.63, 3.8) is 0 Å². The summed E-state index contributed by atoms with van der Waals surface area (Å²) in [5.74, 6) is -0.850. The predicted octanol–water partition coefficient (Wildman–Crippen LogP) is 2.52. The first-order valence-electron chi connectivity index (χ1n) is 5.51. The molecule has 0 aliphatic heterocycles. The zero-order valence-electron chi connectivity index (χ0n) is 10.4. The number of esters is 1. The summed E-state index contributed by atoms with van der Waals surface area (Å²) in [6.07, 6.45) is 0.659. The molecule has 8 heteroatoms. The van der Waals surface area contributed by atoms with Crippen LogP contribution in [0, 0.1) is 27.2 Å². The molecule has 0 atom stereocenters. The van der Waals surface area contributed by atoms with Gasteiger partial charge in [-0.25, -0.2) is 0 Å². The van der Waals surface area contributed by atoms with E-state index in [0.717, 1.165) is 12.1 Å². The summed E-state index contributed by atoms with van der Waals surface area (Å²) >= 11 is 0. The zero-order chi connectivity index (χ0) is 14.6. The van der Waals surface area contributed by atoms with E-state index >= 15 is 0 Å². The molecule has 0 N–H and O–H groups in total. The maximum absolute atomic E-state index is 11.4. The van der Waals surface area contributed by atoms with Gasteiger partial charge in [0.15, 0.2) is 0 Å². The summed E-state index contributed by atoms with van der Waals surface area (Å²) in [4.78, 5) is 31.3. The Morgan fingerprint density at radius 1 is 1.26 bits per heavy atom. The molecule has 1 aromatic rings. The fourth-order valence-corrected chi connectivity index (χ4v) is 1.48. The summed E-state index contributed by atoms with van der Waals surface area (Å²) in [5, 5.41) is 21.5. The van der Waals surface area contributed by atoms with E-state index < -0.39 is 27.2 Å². The standard InChI is InChI=1S/C11H12N2O6/c1-3-4-10(14)19-11-7(2)5-8(12(15)16)6-9(11)13(17)18/h5-6H,3-4H2,1-2H3. The lowest BCUT2D eigenvalue weighted by Crippen LogP contribution is -2.10. The summed E-state index contributed by atoms with van der Waals surface area (Å²) in [6, 6.07) is 1.91. The molecular formula is C11H12N2O6. The van der Waals surface area contributed by atoms with E-state index in [1.165, 1.54) is 6.92 Å². The SMILES string of the molecule is CCCC(=O)Oc1c(C)cc([N+](=O)[O-])cc1[N+](=O)[O-]. The number of nitro groups is 2. The molecule has 0 radical (unpaired) electrons. The van der Waals surface area contributed by atoms with Crippen LogP contribution < -0.4 is 4.74 Å². The van der Waals surface area contributed by atoms with Crippen LogP contribution in [0.2, 0.25) is 0 Å². The van der Waals surface area contributed by atoms with E-state index in [0.29, 0.717) is 6.42 Å². The summed E-state index contributed by atoms with van der Waals surface area (Å²) in [7, 11) is 0. The molecule has 0 fully saturated rings. The Morgan fingerprint density at radius 3 is 2.37 bits per heavy atom. The first-order chi connectivity index (χ1) is 8.86. The minimum absolute atomic E-state index is 0.119. The topological polar surface area (TPSA) is 113 Å². The number of benzene rings is 1. The van der Waals surface area contributed by atoms with Gasteiger partial charge in [-0.1, -0.05) is 6.92 Å². The molecule has 8 nitrogen and oxygen atoms in total. The Labute approximate surface area is 108 Å². The van der Waals surface area contributed by atoms with Crippen LogP contribution in [-0.4, -0.2) is 15.8 Å². The van der Waals surface area contributed by atoms with E-state index in [9.17, 15) is 25.0 Å². The van der Waals surface area contributed by atoms with E-state index in [1.807, 2.05) is 0 Å². The lowest BCUT2D eigenvalue weighted by Gasteiger charge is -2.07. The van der Waals surface area contributed by atoms with Crippen molar-refractivity contribution in [1.82, 2.24) is 0 Å². The third-order valence-corrected chi connectivity index (χ3v) is 2.32. The molecule has 0 unspecified atom stereocenters. The monoisotopic (exact) mass is 268 g/mol. The Balaban J connectivity index is 3.26. The number of non-ortho nitro benzene ring substituents is 1. The van der Waals surface area contributed by atoms with Gasteiger partial charge in [0, 0.05) is 18.1 Å². The lowest BCUT2D eigenvalue weighted by atomic mass is 10.1. The van der Waals surface area contributed by atoms with Crippen LogP contribution in [-0.2, 0) is 4.79 Å². The first-order valence-corrected chi connectivity index (χ1v) is 5.51. The first kappa shape index (κ1) is 14.6. The highest BCUT2D eigenvalue weighted by molar-refractivity contribution is 5.75. The fourth-order valence-electron chi connectivity index (χ4n) is 1.48. The Hall–Kier alpha value is -2.51. The van der Waals surface area contributed by atoms with E-state index in [2.05, 4.69) is 0 Å². The molecule has 102 valence electrons. The van der Waals surface area contributed by atoms with Gasteiger partial charge in [0.05, 0.1) is 15.9 Å². The van der Waals surface area contributed by atoms with Gasteiger partial charge < -0.3 is 4.74 Å². The van der Waals surface area contributed by atoms with Crippen molar-refractivity contribution in [3.8, 4) is 5.75 Å². The fraction of sp³-hybridized carbons (Fsp3) is 0.364. The highest BCUT2D eigenvalue weighted by atomic mass is 16.6. The minimum Gasteiger partial charge on any atom is -0.419 e. The van der Waals surface area contributed by atoms with Crippen LogP contribution in [0.1, 0.15) is 25.3 Å². The van der Waals surface area contributed by atoms with E-state index in [1.54, 1.807) is 6.92 Å². The lowest BCUT2D eigenvalue weighted by molar-refractivity contribution is -0.394. The number of ether oxygens (including phenoxy) is 1. The van der Waals surface area contributed by atoms with Crippen LogP contribution in [0.15, 0.2) is 12.1 Å². The number of hydrogen-bond acceptors (Lipinski definition) is 6. The van der Waals surface area contributed by atoms with Crippen molar-refractivity contribution in [3.05, 3.63) is 37.9 Å². The van der Waals surface area contributed by atoms with Gasteiger partial charge in [0.25, 0.3) is 5.69 Å². The molecule has 0 heterocycles. The normalized spacial score (nSPS) is 10.0. The smallest absolute Gasteiger partial charge is 0.318 e. The van der Waals surface area contributed by atoms with Crippen molar-refractivity contribution < 1.29 is 19.4 Å². The maximum atomic E-state index is 11.4. The summed E-state index contributed by atoms with van der Waals surface area (Å²) in [6.45, 7) is 3.17. The third kappa shape index (κ3) is 3.47. The van der Waals surface area contributed by atoms with Crippen LogP contribution in [0.25, 0.3) is 0 Å². The zero-order valence-corrected chi connectivity index (χ0v) is 10.4. The van der Waals surface area contributed by atoms with Gasteiger partial charge in [-0.15, -0.1) is 0 Å². The van der Waals surface area contributed by atoms with Gasteiger partial charge >= 0.3 is 11.7 Å². The third-order valence-electron chi connectivity index (χ3n) is 2.32. The number of rotatable bonds is 5. The number of carbonyl (C=O) groups is 1. The van der Waals surface area contributed by atoms with Crippen LogP contribution >= 0.6 is 0 Å². The second-order valence-electron chi connectivity index (χ2n) is 3.85. The van der Waals surface area contributed by atoms with Gasteiger partial charge in [-0.05, 0) is 13.3 Å². The molecule has 1 aromatic carbocycles. The predicted molar refractivity (Wildman–Crippen MR) is 65.0 cm³/mol. The van der Waals surface area contributed by atoms with Crippen LogP contribution in [0.5, 0.6) is 5.75 Å². The quantitative estimate of drug-likeness (QED) is 0.351. The molecule has 0 saturated heterocycles. The maximum Gasteiger partial charge on any atom is 0.318 e. The van der Waals surface area contributed by atoms with E-state index in [4.69, 9.17) is 4.74 Å². The molecule has 19 heavy (non-hydrogen) atoms. The molecule has 0 aliphatic carbocycles. The minimum atomic E-state index is -0.811. The van der Waals surface area contributed by atoms with Crippen molar-refractivity contribution >= 4 is 17.3 Å². The van der Waals surface area contributed by atoms with Gasteiger partial charge in [-0.3, -0.25) is 25.0 Å². The second-order valence-corrected chi connectivity index (χ2v) is 3.85. The van der Waals surface area contributed by atoms with Crippen molar-refractivity contribution in [2.75, 3.05) is 0 Å². The molecule has 0 bridgehead atoms. The number of nitrogens with zero attached hydrogens (tertiary/aromatic N) is 2. The van der Waals surface area contributed by atoms with Crippen LogP contribution in [0.4, 0.5) is 11.4 Å². The summed E-state index contributed by atoms with van der Waals surface area (Å²) in [5.41, 5.74) is -0.832. The second kappa shape index (κ2) is 5.89. The molecule has 0 amide bonds. The Kier molecular flexibility index (Phi) is 4.51. The molecule has 0 aliphatic rings. The molecule has 0 spiro atoms. The van der Waals surface area contributed by atoms with Gasteiger partial charge in [0.1, 0.15) is 0 Å². The van der Waals surface area contributed by atoms with Crippen molar-refractivity contribution in [1.29, 1.82) is 0 Å². The van der Waals surface area contributed by atoms with Gasteiger partial charge in [0.2, 0.25) is 5.75 Å².